The van der Waals surface area contributed by atoms with Gasteiger partial charge < -0.3 is 13.9 Å². The van der Waals surface area contributed by atoms with Gasteiger partial charge in [-0.1, -0.05) is 18.2 Å². The molecule has 1 aromatic heterocycles. The number of hydrogen-bond donors (Lipinski definition) is 0. The summed E-state index contributed by atoms with van der Waals surface area (Å²) in [6.07, 6.45) is 2.07. The quantitative estimate of drug-likeness (QED) is 0.374. The van der Waals surface area contributed by atoms with Gasteiger partial charge in [0.1, 0.15) is 35.3 Å². The summed E-state index contributed by atoms with van der Waals surface area (Å²) in [6, 6.07) is 16.4. The van der Waals surface area contributed by atoms with E-state index in [0.29, 0.717) is 17.7 Å². The Labute approximate surface area is 200 Å². The van der Waals surface area contributed by atoms with Crippen LogP contribution in [0.15, 0.2) is 59.0 Å². The van der Waals surface area contributed by atoms with Crippen molar-refractivity contribution < 1.29 is 23.1 Å². The summed E-state index contributed by atoms with van der Waals surface area (Å²) in [5, 5.41) is 0. The maximum atomic E-state index is 13.8. The zero-order valence-electron chi connectivity index (χ0n) is 20.1. The topological polar surface area (TPSA) is 51.9 Å². The van der Waals surface area contributed by atoms with E-state index in [4.69, 9.17) is 13.9 Å². The van der Waals surface area contributed by atoms with Crippen LogP contribution in [0.2, 0.25) is 0 Å². The van der Waals surface area contributed by atoms with Gasteiger partial charge in [0.2, 0.25) is 0 Å². The van der Waals surface area contributed by atoms with Crippen molar-refractivity contribution in [3.63, 3.8) is 0 Å². The van der Waals surface area contributed by atoms with Crippen LogP contribution in [0.3, 0.4) is 0 Å². The lowest BCUT2D eigenvalue weighted by atomic mass is 10.1. The average molecular weight is 466 g/mol. The van der Waals surface area contributed by atoms with Crippen molar-refractivity contribution in [2.75, 3.05) is 13.1 Å². The van der Waals surface area contributed by atoms with Crippen molar-refractivity contribution in [2.45, 2.75) is 58.8 Å². The van der Waals surface area contributed by atoms with Gasteiger partial charge in [0.05, 0.1) is 0 Å². The smallest absolute Gasteiger partial charge is 0.306 e. The van der Waals surface area contributed by atoms with Crippen LogP contribution >= 0.6 is 0 Å². The molecule has 0 saturated heterocycles. The van der Waals surface area contributed by atoms with Gasteiger partial charge in [-0.05, 0) is 70.1 Å². The summed E-state index contributed by atoms with van der Waals surface area (Å²) in [5.41, 5.74) is 2.26. The van der Waals surface area contributed by atoms with Crippen LogP contribution in [0.25, 0.3) is 11.3 Å². The van der Waals surface area contributed by atoms with E-state index in [1.54, 1.807) is 18.2 Å². The molecule has 34 heavy (non-hydrogen) atoms. The molecule has 1 aliphatic rings. The molecule has 1 aliphatic heterocycles. The van der Waals surface area contributed by atoms with Crippen molar-refractivity contribution >= 4 is 5.97 Å². The van der Waals surface area contributed by atoms with Crippen LogP contribution in [0.4, 0.5) is 4.39 Å². The largest absolute Gasteiger partial charge is 0.489 e. The fourth-order valence-electron chi connectivity index (χ4n) is 4.06. The molecule has 2 heterocycles. The molecular weight excluding hydrogens is 433 g/mol. The normalized spacial score (nSPS) is 14.0. The summed E-state index contributed by atoms with van der Waals surface area (Å²) >= 11 is 0. The number of halogens is 1. The Kier molecular flexibility index (Phi) is 7.37. The molecule has 0 radical (unpaired) electrons. The second-order valence-corrected chi connectivity index (χ2v) is 9.68. The van der Waals surface area contributed by atoms with Crippen LogP contribution in [0.5, 0.6) is 5.75 Å². The molecule has 6 heteroatoms. The third kappa shape index (κ3) is 6.48. The van der Waals surface area contributed by atoms with E-state index in [9.17, 15) is 9.18 Å². The summed E-state index contributed by atoms with van der Waals surface area (Å²) in [6.45, 7) is 8.44. The molecule has 0 saturated carbocycles. The number of nitrogens with zero attached hydrogens (tertiary/aromatic N) is 1. The highest BCUT2D eigenvalue weighted by Crippen LogP contribution is 2.31. The van der Waals surface area contributed by atoms with E-state index in [0.717, 1.165) is 49.6 Å². The lowest BCUT2D eigenvalue weighted by Crippen LogP contribution is -2.31. The number of furan rings is 1. The number of fused-ring (bicyclic) bond motifs is 1. The molecule has 3 aromatic rings. The molecule has 0 atom stereocenters. The van der Waals surface area contributed by atoms with Gasteiger partial charge in [-0.3, -0.25) is 9.69 Å². The van der Waals surface area contributed by atoms with E-state index >= 15 is 0 Å². The minimum atomic E-state index is -0.436. The van der Waals surface area contributed by atoms with Crippen molar-refractivity contribution in [3.05, 3.63) is 77.3 Å². The first-order valence-corrected chi connectivity index (χ1v) is 11.8. The second kappa shape index (κ2) is 10.4. The van der Waals surface area contributed by atoms with Gasteiger partial charge in [-0.2, -0.15) is 0 Å². The predicted molar refractivity (Wildman–Crippen MR) is 129 cm³/mol. The number of esters is 1. The van der Waals surface area contributed by atoms with Crippen molar-refractivity contribution in [2.24, 2.45) is 0 Å². The summed E-state index contributed by atoms with van der Waals surface area (Å²) in [7, 11) is 0. The maximum Gasteiger partial charge on any atom is 0.306 e. The standard InChI is InChI=1S/C28H32FNO4/c1-28(2,3)34-27(31)9-6-15-30-16-14-25-22(18-30)17-26(33-25)20-10-12-23(13-11-20)32-19-21-7-4-5-8-24(21)29/h4-5,7-8,10-13,17H,6,9,14-16,18-19H2,1-3H3. The molecule has 0 aliphatic carbocycles. The highest BCUT2D eigenvalue weighted by molar-refractivity contribution is 5.69. The molecule has 2 aromatic carbocycles. The summed E-state index contributed by atoms with van der Waals surface area (Å²) < 4.78 is 31.0. The van der Waals surface area contributed by atoms with Crippen molar-refractivity contribution in [1.29, 1.82) is 0 Å². The van der Waals surface area contributed by atoms with Gasteiger partial charge in [0, 0.05) is 42.6 Å². The van der Waals surface area contributed by atoms with Gasteiger partial charge in [0.15, 0.2) is 0 Å². The van der Waals surface area contributed by atoms with Crippen LogP contribution in [-0.2, 0) is 29.1 Å². The van der Waals surface area contributed by atoms with Crippen LogP contribution in [0.1, 0.15) is 50.5 Å². The molecule has 0 spiro atoms. The zero-order chi connectivity index (χ0) is 24.1. The van der Waals surface area contributed by atoms with Crippen LogP contribution in [0, 0.1) is 5.82 Å². The molecule has 0 N–H and O–H groups in total. The van der Waals surface area contributed by atoms with E-state index < -0.39 is 5.60 Å². The number of carbonyl (C=O) groups excluding carboxylic acids is 1. The Hall–Kier alpha value is -3.12. The monoisotopic (exact) mass is 465 g/mol. The lowest BCUT2D eigenvalue weighted by Gasteiger charge is -2.26. The SMILES string of the molecule is CC(C)(C)OC(=O)CCCN1CCc2oc(-c3ccc(OCc4ccccc4F)cc3)cc2C1. The van der Waals surface area contributed by atoms with E-state index in [2.05, 4.69) is 11.0 Å². The zero-order valence-corrected chi connectivity index (χ0v) is 20.1. The highest BCUT2D eigenvalue weighted by atomic mass is 19.1. The first-order chi connectivity index (χ1) is 16.3. The van der Waals surface area contributed by atoms with Crippen molar-refractivity contribution in [3.8, 4) is 17.1 Å². The highest BCUT2D eigenvalue weighted by Gasteiger charge is 2.22. The molecule has 0 fully saturated rings. The number of hydrogen-bond acceptors (Lipinski definition) is 5. The number of carbonyl (C=O) groups is 1. The Morgan fingerprint density at radius 3 is 2.62 bits per heavy atom. The molecule has 180 valence electrons. The predicted octanol–water partition coefficient (Wildman–Crippen LogP) is 6.14. The lowest BCUT2D eigenvalue weighted by molar-refractivity contribution is -0.155. The van der Waals surface area contributed by atoms with Gasteiger partial charge in [-0.15, -0.1) is 0 Å². The first kappa shape index (κ1) is 24.0. The van der Waals surface area contributed by atoms with Gasteiger partial charge in [0.25, 0.3) is 0 Å². The molecule has 0 amide bonds. The van der Waals surface area contributed by atoms with E-state index in [1.165, 1.54) is 11.6 Å². The maximum absolute atomic E-state index is 13.8. The summed E-state index contributed by atoms with van der Waals surface area (Å²) in [4.78, 5) is 14.3. The molecule has 4 rings (SSSR count). The fourth-order valence-corrected chi connectivity index (χ4v) is 4.06. The third-order valence-corrected chi connectivity index (χ3v) is 5.71. The molecule has 0 bridgehead atoms. The number of ether oxygens (including phenoxy) is 2. The Morgan fingerprint density at radius 2 is 1.88 bits per heavy atom. The van der Waals surface area contributed by atoms with E-state index in [-0.39, 0.29) is 18.4 Å². The molecular formula is C28H32FNO4. The fraction of sp³-hybridized carbons (Fsp3) is 0.393. The number of rotatable bonds is 8. The van der Waals surface area contributed by atoms with Gasteiger partial charge in [-0.25, -0.2) is 4.39 Å². The Morgan fingerprint density at radius 1 is 1.12 bits per heavy atom. The summed E-state index contributed by atoms with van der Waals surface area (Å²) in [5.74, 6) is 2.13. The minimum Gasteiger partial charge on any atom is -0.489 e. The third-order valence-electron chi connectivity index (χ3n) is 5.71. The van der Waals surface area contributed by atoms with Crippen LogP contribution < -0.4 is 4.74 Å². The Bertz CT molecular complexity index is 1110. The molecule has 5 nitrogen and oxygen atoms in total. The second-order valence-electron chi connectivity index (χ2n) is 9.68. The first-order valence-electron chi connectivity index (χ1n) is 11.8. The van der Waals surface area contributed by atoms with Crippen molar-refractivity contribution in [1.82, 2.24) is 4.90 Å². The molecule has 0 unspecified atom stereocenters. The minimum absolute atomic E-state index is 0.142. The van der Waals surface area contributed by atoms with E-state index in [1.807, 2.05) is 45.0 Å². The number of benzene rings is 2. The van der Waals surface area contributed by atoms with Gasteiger partial charge >= 0.3 is 5.97 Å². The average Bonchev–Trinajstić information content (AvgIpc) is 3.21. The van der Waals surface area contributed by atoms with Crippen LogP contribution in [-0.4, -0.2) is 29.6 Å². The Balaban J connectivity index is 1.29.